The zero-order valence-electron chi connectivity index (χ0n) is 9.78. The van der Waals surface area contributed by atoms with Crippen molar-refractivity contribution in [1.82, 2.24) is 4.90 Å². The number of primary amides is 1. The van der Waals surface area contributed by atoms with Crippen molar-refractivity contribution in [1.29, 1.82) is 0 Å². The van der Waals surface area contributed by atoms with E-state index < -0.39 is 36.0 Å². The zero-order valence-corrected chi connectivity index (χ0v) is 9.78. The average Bonchev–Trinajstić information content (AvgIpc) is 2.67. The second-order valence-corrected chi connectivity index (χ2v) is 4.34. The Bertz CT molecular complexity index is 359. The maximum Gasteiger partial charge on any atom is 0.303 e. The Morgan fingerprint density at radius 3 is 2.50 bits per heavy atom. The summed E-state index contributed by atoms with van der Waals surface area (Å²) in [7, 11) is 0. The summed E-state index contributed by atoms with van der Waals surface area (Å²) < 4.78 is 0. The van der Waals surface area contributed by atoms with Gasteiger partial charge in [0.25, 0.3) is 0 Å². The lowest BCUT2D eigenvalue weighted by Gasteiger charge is -2.24. The Morgan fingerprint density at radius 2 is 2.00 bits per heavy atom. The number of rotatable bonds is 5. The highest BCUT2D eigenvalue weighted by Gasteiger charge is 2.39. The van der Waals surface area contributed by atoms with E-state index in [1.165, 1.54) is 0 Å². The van der Waals surface area contributed by atoms with Crippen molar-refractivity contribution in [2.24, 2.45) is 11.5 Å². The van der Waals surface area contributed by atoms with Crippen molar-refractivity contribution < 1.29 is 24.6 Å². The van der Waals surface area contributed by atoms with Gasteiger partial charge in [-0.1, -0.05) is 0 Å². The smallest absolute Gasteiger partial charge is 0.303 e. The van der Waals surface area contributed by atoms with Crippen LogP contribution in [0.1, 0.15) is 19.3 Å². The normalized spacial score (nSPS) is 24.9. The second kappa shape index (κ2) is 5.78. The van der Waals surface area contributed by atoms with Crippen LogP contribution in [0.2, 0.25) is 0 Å². The predicted octanol–water partition coefficient (Wildman–Crippen LogP) is -2.37. The Labute approximate surface area is 104 Å². The molecule has 0 spiro atoms. The molecule has 0 aliphatic carbocycles. The highest BCUT2D eigenvalue weighted by atomic mass is 16.4. The molecular weight excluding hydrogens is 242 g/mol. The quantitative estimate of drug-likeness (QED) is 0.433. The summed E-state index contributed by atoms with van der Waals surface area (Å²) >= 11 is 0. The SMILES string of the molecule is NC(=O)C1CC(O)CN1C(=O)C(N)CCC(=O)O. The minimum absolute atomic E-state index is 0.00673. The molecule has 0 bridgehead atoms. The van der Waals surface area contributed by atoms with Gasteiger partial charge in [-0.15, -0.1) is 0 Å². The highest BCUT2D eigenvalue weighted by Crippen LogP contribution is 2.19. The van der Waals surface area contributed by atoms with Gasteiger partial charge in [0.05, 0.1) is 12.1 Å². The number of aliphatic hydroxyl groups is 1. The van der Waals surface area contributed by atoms with Crippen LogP contribution in [-0.2, 0) is 14.4 Å². The summed E-state index contributed by atoms with van der Waals surface area (Å²) in [5.41, 5.74) is 10.7. The third kappa shape index (κ3) is 3.41. The van der Waals surface area contributed by atoms with Gasteiger partial charge in [-0.05, 0) is 6.42 Å². The van der Waals surface area contributed by atoms with Gasteiger partial charge in [0, 0.05) is 19.4 Å². The summed E-state index contributed by atoms with van der Waals surface area (Å²) in [6.07, 6.45) is -0.970. The van der Waals surface area contributed by atoms with Crippen molar-refractivity contribution in [2.75, 3.05) is 6.54 Å². The minimum atomic E-state index is -1.05. The number of nitrogens with two attached hydrogens (primary N) is 2. The van der Waals surface area contributed by atoms with E-state index in [0.717, 1.165) is 4.90 Å². The van der Waals surface area contributed by atoms with E-state index in [9.17, 15) is 19.5 Å². The van der Waals surface area contributed by atoms with Gasteiger partial charge in [-0.25, -0.2) is 0 Å². The first-order valence-electron chi connectivity index (χ1n) is 5.58. The van der Waals surface area contributed by atoms with Crippen LogP contribution in [0.5, 0.6) is 0 Å². The molecule has 18 heavy (non-hydrogen) atoms. The summed E-state index contributed by atoms with van der Waals surface area (Å²) in [5, 5.41) is 17.9. The average molecular weight is 259 g/mol. The second-order valence-electron chi connectivity index (χ2n) is 4.34. The molecular formula is C10H17N3O5. The monoisotopic (exact) mass is 259 g/mol. The lowest BCUT2D eigenvalue weighted by atomic mass is 10.1. The third-order valence-corrected chi connectivity index (χ3v) is 2.88. The zero-order chi connectivity index (χ0) is 13.9. The van der Waals surface area contributed by atoms with Gasteiger partial charge in [-0.3, -0.25) is 14.4 Å². The Kier molecular flexibility index (Phi) is 4.62. The molecule has 1 heterocycles. The molecule has 0 radical (unpaired) electrons. The van der Waals surface area contributed by atoms with Crippen molar-refractivity contribution in [2.45, 2.75) is 37.5 Å². The third-order valence-electron chi connectivity index (χ3n) is 2.88. The van der Waals surface area contributed by atoms with E-state index >= 15 is 0 Å². The predicted molar refractivity (Wildman–Crippen MR) is 60.2 cm³/mol. The number of aliphatic hydroxyl groups excluding tert-OH is 1. The van der Waals surface area contributed by atoms with Crippen molar-refractivity contribution in [3.05, 3.63) is 0 Å². The Hall–Kier alpha value is -1.67. The van der Waals surface area contributed by atoms with Crippen LogP contribution in [0.15, 0.2) is 0 Å². The molecule has 0 saturated carbocycles. The van der Waals surface area contributed by atoms with Crippen LogP contribution >= 0.6 is 0 Å². The molecule has 1 saturated heterocycles. The van der Waals surface area contributed by atoms with E-state index in [-0.39, 0.29) is 25.8 Å². The Balaban J connectivity index is 2.64. The number of hydrogen-bond donors (Lipinski definition) is 4. The number of likely N-dealkylation sites (tertiary alicyclic amines) is 1. The first-order valence-corrected chi connectivity index (χ1v) is 5.58. The molecule has 3 atom stereocenters. The number of carbonyl (C=O) groups excluding carboxylic acids is 2. The van der Waals surface area contributed by atoms with Crippen LogP contribution in [0.4, 0.5) is 0 Å². The number of nitrogens with zero attached hydrogens (tertiary/aromatic N) is 1. The molecule has 1 fully saturated rings. The summed E-state index contributed by atoms with van der Waals surface area (Å²) in [6.45, 7) is -0.00673. The number of carboxylic acid groups (broad SMARTS) is 1. The van der Waals surface area contributed by atoms with Crippen LogP contribution < -0.4 is 11.5 Å². The molecule has 1 aliphatic rings. The first-order chi connectivity index (χ1) is 8.32. The van der Waals surface area contributed by atoms with Crippen LogP contribution in [0.25, 0.3) is 0 Å². The molecule has 2 amide bonds. The number of aliphatic carboxylic acids is 1. The van der Waals surface area contributed by atoms with Crippen molar-refractivity contribution >= 4 is 17.8 Å². The number of β-amino-alcohol motifs (C(OH)–C–C–N with tert-alkyl or cyclic N) is 1. The molecule has 1 aliphatic heterocycles. The minimum Gasteiger partial charge on any atom is -0.481 e. The number of carboxylic acids is 1. The van der Waals surface area contributed by atoms with Crippen LogP contribution in [0, 0.1) is 0 Å². The number of hydrogen-bond acceptors (Lipinski definition) is 5. The fourth-order valence-electron chi connectivity index (χ4n) is 1.94. The topological polar surface area (TPSA) is 147 Å². The van der Waals surface area contributed by atoms with E-state index in [4.69, 9.17) is 16.6 Å². The lowest BCUT2D eigenvalue weighted by Crippen LogP contribution is -2.50. The highest BCUT2D eigenvalue weighted by molar-refractivity contribution is 5.89. The van der Waals surface area contributed by atoms with E-state index in [0.29, 0.717) is 0 Å². The van der Waals surface area contributed by atoms with Crippen LogP contribution in [0.3, 0.4) is 0 Å². The van der Waals surface area contributed by atoms with Gasteiger partial charge in [-0.2, -0.15) is 0 Å². The maximum atomic E-state index is 11.9. The van der Waals surface area contributed by atoms with E-state index in [2.05, 4.69) is 0 Å². The van der Waals surface area contributed by atoms with Gasteiger partial charge >= 0.3 is 5.97 Å². The molecule has 8 heteroatoms. The van der Waals surface area contributed by atoms with Crippen molar-refractivity contribution in [3.8, 4) is 0 Å². The maximum absolute atomic E-state index is 11.9. The standard InChI is InChI=1S/C10H17N3O5/c11-6(1-2-8(15)16)10(18)13-4-5(14)3-7(13)9(12)17/h5-7,14H,1-4,11H2,(H2,12,17)(H,15,16). The van der Waals surface area contributed by atoms with Gasteiger partial charge in [0.2, 0.25) is 11.8 Å². The van der Waals surface area contributed by atoms with Crippen LogP contribution in [-0.4, -0.2) is 57.6 Å². The fraction of sp³-hybridized carbons (Fsp3) is 0.700. The van der Waals surface area contributed by atoms with Crippen molar-refractivity contribution in [3.63, 3.8) is 0 Å². The molecule has 3 unspecified atom stereocenters. The molecule has 102 valence electrons. The first kappa shape index (κ1) is 14.4. The number of carbonyl (C=O) groups is 3. The number of amides is 2. The van der Waals surface area contributed by atoms with Gasteiger partial charge in [0.15, 0.2) is 0 Å². The summed E-state index contributed by atoms with van der Waals surface area (Å²) in [6, 6.07) is -1.88. The summed E-state index contributed by atoms with van der Waals surface area (Å²) in [5.74, 6) is -2.31. The van der Waals surface area contributed by atoms with E-state index in [1.807, 2.05) is 0 Å². The van der Waals surface area contributed by atoms with Gasteiger partial charge < -0.3 is 26.6 Å². The molecule has 6 N–H and O–H groups in total. The molecule has 0 aromatic rings. The Morgan fingerprint density at radius 1 is 1.39 bits per heavy atom. The molecule has 8 nitrogen and oxygen atoms in total. The lowest BCUT2D eigenvalue weighted by molar-refractivity contribution is -0.140. The molecule has 0 aromatic carbocycles. The largest absolute Gasteiger partial charge is 0.481 e. The molecule has 0 aromatic heterocycles. The van der Waals surface area contributed by atoms with E-state index in [1.54, 1.807) is 0 Å². The fourth-order valence-corrected chi connectivity index (χ4v) is 1.94. The van der Waals surface area contributed by atoms with Gasteiger partial charge in [0.1, 0.15) is 6.04 Å². The summed E-state index contributed by atoms with van der Waals surface area (Å²) in [4.78, 5) is 34.5. The molecule has 1 rings (SSSR count).